The third kappa shape index (κ3) is 1.82. The number of nitrogens with zero attached hydrogens (tertiary/aromatic N) is 2. The third-order valence-electron chi connectivity index (χ3n) is 1.56. The highest BCUT2D eigenvalue weighted by Gasteiger charge is 2.22. The lowest BCUT2D eigenvalue weighted by atomic mass is 10.1. The maximum Gasteiger partial charge on any atom is 0.271 e. The summed E-state index contributed by atoms with van der Waals surface area (Å²) in [4.78, 5) is 2.94. The second kappa shape index (κ2) is 4.05. The smallest absolute Gasteiger partial charge is 0.227 e. The summed E-state index contributed by atoms with van der Waals surface area (Å²) in [6.45, 7) is 0. The van der Waals surface area contributed by atoms with Gasteiger partial charge in [-0.1, -0.05) is 0 Å². The molecule has 0 aliphatic heterocycles. The van der Waals surface area contributed by atoms with Crippen molar-refractivity contribution in [2.24, 2.45) is 0 Å². The molecule has 0 saturated heterocycles. The van der Waals surface area contributed by atoms with Gasteiger partial charge in [-0.15, -0.1) is 0 Å². The van der Waals surface area contributed by atoms with Crippen LogP contribution in [-0.4, -0.2) is 4.98 Å². The van der Waals surface area contributed by atoms with Crippen molar-refractivity contribution in [1.82, 2.24) is 4.98 Å². The van der Waals surface area contributed by atoms with E-state index in [-0.39, 0.29) is 5.56 Å². The predicted molar refractivity (Wildman–Crippen MR) is 38.4 cm³/mol. The summed E-state index contributed by atoms with van der Waals surface area (Å²) in [6.07, 6.45) is -2.96. The number of alkyl halides is 2. The van der Waals surface area contributed by atoms with Crippen LogP contribution in [0.2, 0.25) is 0 Å². The SMILES string of the molecule is N#CCc1cnc(F)c(C(F)F)c1F. The van der Waals surface area contributed by atoms with Gasteiger partial charge in [0.2, 0.25) is 5.95 Å². The Morgan fingerprint density at radius 2 is 2.07 bits per heavy atom. The first-order valence-corrected chi connectivity index (χ1v) is 3.55. The van der Waals surface area contributed by atoms with Crippen LogP contribution in [0.4, 0.5) is 17.6 Å². The van der Waals surface area contributed by atoms with Crippen LogP contribution < -0.4 is 0 Å². The van der Waals surface area contributed by atoms with Gasteiger partial charge in [-0.25, -0.2) is 18.2 Å². The summed E-state index contributed by atoms with van der Waals surface area (Å²) in [5.74, 6) is -2.94. The zero-order valence-electron chi connectivity index (χ0n) is 6.77. The minimum absolute atomic E-state index is 0.329. The van der Waals surface area contributed by atoms with Crippen molar-refractivity contribution in [2.75, 3.05) is 0 Å². The van der Waals surface area contributed by atoms with Crippen molar-refractivity contribution in [3.63, 3.8) is 0 Å². The van der Waals surface area contributed by atoms with Crippen LogP contribution in [0.15, 0.2) is 6.20 Å². The number of aromatic nitrogens is 1. The van der Waals surface area contributed by atoms with Gasteiger partial charge in [0.25, 0.3) is 6.43 Å². The molecule has 74 valence electrons. The minimum atomic E-state index is -3.28. The normalized spacial score (nSPS) is 10.3. The van der Waals surface area contributed by atoms with E-state index in [0.29, 0.717) is 0 Å². The first-order valence-electron chi connectivity index (χ1n) is 3.55. The molecule has 0 atom stereocenters. The number of halogens is 4. The molecule has 0 saturated carbocycles. The zero-order chi connectivity index (χ0) is 10.7. The molecule has 0 aliphatic rings. The number of hydrogen-bond acceptors (Lipinski definition) is 2. The summed E-state index contributed by atoms with van der Waals surface area (Å²) < 4.78 is 49.9. The van der Waals surface area contributed by atoms with Gasteiger partial charge in [-0.3, -0.25) is 0 Å². The van der Waals surface area contributed by atoms with E-state index in [0.717, 1.165) is 6.20 Å². The average Bonchev–Trinajstić information content (AvgIpc) is 2.10. The van der Waals surface area contributed by atoms with Crippen LogP contribution >= 0.6 is 0 Å². The molecular weight excluding hydrogens is 200 g/mol. The van der Waals surface area contributed by atoms with Gasteiger partial charge < -0.3 is 0 Å². The fourth-order valence-electron chi connectivity index (χ4n) is 0.919. The lowest BCUT2D eigenvalue weighted by Gasteiger charge is -2.05. The number of nitriles is 1. The van der Waals surface area contributed by atoms with Gasteiger partial charge in [-0.05, 0) is 0 Å². The standard InChI is InChI=1S/C8H4F4N2/c9-6-4(1-2-13)3-14-8(12)5(6)7(10)11/h3,7H,1H2. The summed E-state index contributed by atoms with van der Waals surface area (Å²) in [7, 11) is 0. The third-order valence-corrected chi connectivity index (χ3v) is 1.56. The van der Waals surface area contributed by atoms with Crippen LogP contribution in [0.25, 0.3) is 0 Å². The van der Waals surface area contributed by atoms with E-state index in [9.17, 15) is 17.6 Å². The van der Waals surface area contributed by atoms with Crippen LogP contribution in [0.3, 0.4) is 0 Å². The molecule has 1 rings (SSSR count). The van der Waals surface area contributed by atoms with E-state index in [1.165, 1.54) is 0 Å². The Morgan fingerprint density at radius 3 is 2.57 bits per heavy atom. The van der Waals surface area contributed by atoms with E-state index in [1.807, 2.05) is 0 Å². The molecule has 0 aliphatic carbocycles. The molecule has 1 aromatic rings. The van der Waals surface area contributed by atoms with Gasteiger partial charge in [0, 0.05) is 11.8 Å². The van der Waals surface area contributed by atoms with Crippen molar-refractivity contribution in [2.45, 2.75) is 12.8 Å². The Morgan fingerprint density at radius 1 is 1.43 bits per heavy atom. The monoisotopic (exact) mass is 204 g/mol. The van der Waals surface area contributed by atoms with Gasteiger partial charge >= 0.3 is 0 Å². The number of hydrogen-bond donors (Lipinski definition) is 0. The Balaban J connectivity index is 3.28. The molecule has 1 heterocycles. The Hall–Kier alpha value is -1.64. The maximum absolute atomic E-state index is 13.1. The summed E-state index contributed by atoms with van der Waals surface area (Å²) in [5.41, 5.74) is -1.71. The van der Waals surface area contributed by atoms with Crippen LogP contribution in [0.5, 0.6) is 0 Å². The van der Waals surface area contributed by atoms with E-state index < -0.39 is 30.2 Å². The second-order valence-electron chi connectivity index (χ2n) is 2.44. The topological polar surface area (TPSA) is 36.7 Å². The first-order chi connectivity index (χ1) is 6.57. The molecule has 0 spiro atoms. The van der Waals surface area contributed by atoms with Crippen LogP contribution in [0.1, 0.15) is 17.6 Å². The van der Waals surface area contributed by atoms with E-state index >= 15 is 0 Å². The van der Waals surface area contributed by atoms with Gasteiger partial charge in [0.1, 0.15) is 11.4 Å². The van der Waals surface area contributed by atoms with E-state index in [1.54, 1.807) is 6.07 Å². The molecule has 0 aromatic carbocycles. The summed E-state index contributed by atoms with van der Waals surface area (Å²) in [6, 6.07) is 1.56. The van der Waals surface area contributed by atoms with Crippen molar-refractivity contribution in [3.8, 4) is 6.07 Å². The zero-order valence-corrected chi connectivity index (χ0v) is 6.77. The largest absolute Gasteiger partial charge is 0.271 e. The molecule has 14 heavy (non-hydrogen) atoms. The highest BCUT2D eigenvalue weighted by molar-refractivity contribution is 5.25. The summed E-state index contributed by atoms with van der Waals surface area (Å²) in [5, 5.41) is 8.22. The molecule has 0 N–H and O–H groups in total. The molecule has 2 nitrogen and oxygen atoms in total. The van der Waals surface area contributed by atoms with Crippen LogP contribution in [-0.2, 0) is 6.42 Å². The quantitative estimate of drug-likeness (QED) is 0.547. The molecule has 0 unspecified atom stereocenters. The van der Waals surface area contributed by atoms with Crippen molar-refractivity contribution < 1.29 is 17.6 Å². The number of rotatable bonds is 2. The van der Waals surface area contributed by atoms with Crippen molar-refractivity contribution in [1.29, 1.82) is 5.26 Å². The molecule has 1 aromatic heterocycles. The molecule has 0 fully saturated rings. The second-order valence-corrected chi connectivity index (χ2v) is 2.44. The lowest BCUT2D eigenvalue weighted by Crippen LogP contribution is -2.03. The Kier molecular flexibility index (Phi) is 3.02. The first kappa shape index (κ1) is 10.4. The van der Waals surface area contributed by atoms with Crippen molar-refractivity contribution in [3.05, 3.63) is 29.1 Å². The molecular formula is C8H4F4N2. The van der Waals surface area contributed by atoms with E-state index in [4.69, 9.17) is 5.26 Å². The molecule has 6 heteroatoms. The highest BCUT2D eigenvalue weighted by atomic mass is 19.3. The maximum atomic E-state index is 13.1. The van der Waals surface area contributed by atoms with Crippen molar-refractivity contribution >= 4 is 0 Å². The van der Waals surface area contributed by atoms with Gasteiger partial charge in [-0.2, -0.15) is 9.65 Å². The molecule has 0 amide bonds. The Labute approximate surface area is 76.8 Å². The fourth-order valence-corrected chi connectivity index (χ4v) is 0.919. The Bertz CT molecular complexity index is 384. The highest BCUT2D eigenvalue weighted by Crippen LogP contribution is 2.25. The predicted octanol–water partition coefficient (Wildman–Crippen LogP) is 2.36. The minimum Gasteiger partial charge on any atom is -0.227 e. The lowest BCUT2D eigenvalue weighted by molar-refractivity contribution is 0.139. The average molecular weight is 204 g/mol. The number of pyridine rings is 1. The van der Waals surface area contributed by atoms with Gasteiger partial charge in [0.15, 0.2) is 0 Å². The summed E-state index contributed by atoms with van der Waals surface area (Å²) >= 11 is 0. The van der Waals surface area contributed by atoms with Gasteiger partial charge in [0.05, 0.1) is 12.5 Å². The molecule has 0 bridgehead atoms. The fraction of sp³-hybridized carbons (Fsp3) is 0.250. The van der Waals surface area contributed by atoms with E-state index in [2.05, 4.69) is 4.98 Å². The van der Waals surface area contributed by atoms with Crippen LogP contribution in [0, 0.1) is 23.1 Å². The molecule has 0 radical (unpaired) electrons.